The molecule has 2 N–H and O–H groups in total. The number of carbonyl (C=O) groups is 1. The minimum absolute atomic E-state index is 0.0789. The summed E-state index contributed by atoms with van der Waals surface area (Å²) in [6.07, 6.45) is 3.87. The van der Waals surface area contributed by atoms with Crippen molar-refractivity contribution in [1.29, 1.82) is 0 Å². The van der Waals surface area contributed by atoms with Crippen molar-refractivity contribution in [1.82, 2.24) is 9.80 Å². The minimum atomic E-state index is -0.148. The average molecular weight is 408 g/mol. The van der Waals surface area contributed by atoms with Crippen LogP contribution in [0.3, 0.4) is 0 Å². The van der Waals surface area contributed by atoms with E-state index in [1.165, 1.54) is 5.56 Å². The van der Waals surface area contributed by atoms with Crippen molar-refractivity contribution in [2.24, 2.45) is 11.1 Å². The van der Waals surface area contributed by atoms with Gasteiger partial charge in [0.15, 0.2) is 0 Å². The van der Waals surface area contributed by atoms with Crippen molar-refractivity contribution >= 4 is 5.91 Å². The molecule has 0 saturated carbocycles. The highest BCUT2D eigenvalue weighted by atomic mass is 16.5. The molecule has 30 heavy (non-hydrogen) atoms. The predicted molar refractivity (Wildman–Crippen MR) is 119 cm³/mol. The smallest absolute Gasteiger partial charge is 0.229 e. The molecule has 1 amide bonds. The third-order valence-corrected chi connectivity index (χ3v) is 6.93. The molecule has 0 radical (unpaired) electrons. The van der Waals surface area contributed by atoms with Gasteiger partial charge in [-0.15, -0.1) is 0 Å². The third-order valence-electron chi connectivity index (χ3n) is 6.93. The first-order valence-corrected chi connectivity index (χ1v) is 11.0. The zero-order chi connectivity index (χ0) is 21.0. The van der Waals surface area contributed by atoms with Crippen LogP contribution in [-0.4, -0.2) is 49.0 Å². The molecule has 160 valence electrons. The van der Waals surface area contributed by atoms with Crippen LogP contribution in [0.15, 0.2) is 54.6 Å². The zero-order valence-corrected chi connectivity index (χ0v) is 17.9. The van der Waals surface area contributed by atoms with Gasteiger partial charge in [0.2, 0.25) is 5.91 Å². The Bertz CT molecular complexity index is 829. The number of benzene rings is 2. The maximum Gasteiger partial charge on any atom is 0.229 e. The van der Waals surface area contributed by atoms with E-state index in [1.54, 1.807) is 7.11 Å². The molecule has 1 unspecified atom stereocenters. The molecule has 0 aromatic heterocycles. The van der Waals surface area contributed by atoms with Gasteiger partial charge >= 0.3 is 0 Å². The normalized spacial score (nSPS) is 19.9. The van der Waals surface area contributed by atoms with Gasteiger partial charge in [0.25, 0.3) is 0 Å². The fraction of sp³-hybridized carbons (Fsp3) is 0.480. The van der Waals surface area contributed by atoms with Gasteiger partial charge in [0.1, 0.15) is 5.75 Å². The van der Waals surface area contributed by atoms with Gasteiger partial charge in [-0.1, -0.05) is 42.5 Å². The van der Waals surface area contributed by atoms with Crippen molar-refractivity contribution in [3.63, 3.8) is 0 Å². The van der Waals surface area contributed by atoms with Gasteiger partial charge in [-0.05, 0) is 68.6 Å². The van der Waals surface area contributed by atoms with E-state index in [4.69, 9.17) is 10.5 Å². The van der Waals surface area contributed by atoms with E-state index in [2.05, 4.69) is 29.2 Å². The van der Waals surface area contributed by atoms with Gasteiger partial charge in [-0.25, -0.2) is 0 Å². The largest absolute Gasteiger partial charge is 0.497 e. The SMILES string of the molecule is COc1ccc(CN2CCC3(CCN(CCC(N)c4ccccc4)CC3)C2=O)cc1. The zero-order valence-electron chi connectivity index (χ0n) is 17.9. The first kappa shape index (κ1) is 20.9. The van der Waals surface area contributed by atoms with Crippen LogP contribution in [0.4, 0.5) is 0 Å². The molecule has 0 aliphatic carbocycles. The molecule has 2 aromatic carbocycles. The van der Waals surface area contributed by atoms with E-state index in [0.29, 0.717) is 12.5 Å². The maximum atomic E-state index is 13.2. The van der Waals surface area contributed by atoms with Crippen molar-refractivity contribution in [3.05, 3.63) is 65.7 Å². The summed E-state index contributed by atoms with van der Waals surface area (Å²) in [6, 6.07) is 18.4. The summed E-state index contributed by atoms with van der Waals surface area (Å²) in [5.41, 5.74) is 8.58. The highest BCUT2D eigenvalue weighted by Gasteiger charge is 2.47. The lowest BCUT2D eigenvalue weighted by Gasteiger charge is -2.38. The molecule has 2 aliphatic rings. The molecular weight excluding hydrogens is 374 g/mol. The van der Waals surface area contributed by atoms with Crippen LogP contribution in [0, 0.1) is 5.41 Å². The van der Waals surface area contributed by atoms with E-state index < -0.39 is 0 Å². The van der Waals surface area contributed by atoms with Crippen molar-refractivity contribution in [3.8, 4) is 5.75 Å². The first-order valence-electron chi connectivity index (χ1n) is 11.0. The van der Waals surface area contributed by atoms with Crippen molar-refractivity contribution in [2.45, 2.75) is 38.3 Å². The van der Waals surface area contributed by atoms with Crippen LogP contribution in [0.1, 0.15) is 42.9 Å². The maximum absolute atomic E-state index is 13.2. The fourth-order valence-corrected chi connectivity index (χ4v) is 4.85. The van der Waals surface area contributed by atoms with Crippen molar-refractivity contribution in [2.75, 3.05) is 33.3 Å². The lowest BCUT2D eigenvalue weighted by Crippen LogP contribution is -2.45. The molecular formula is C25H33N3O2. The number of hydrogen-bond donors (Lipinski definition) is 1. The number of methoxy groups -OCH3 is 1. The molecule has 2 fully saturated rings. The van der Waals surface area contributed by atoms with Gasteiger partial charge in [0, 0.05) is 19.1 Å². The summed E-state index contributed by atoms with van der Waals surface area (Å²) in [6.45, 7) is 4.53. The molecule has 5 nitrogen and oxygen atoms in total. The molecule has 2 heterocycles. The van der Waals surface area contributed by atoms with Gasteiger partial charge in [-0.3, -0.25) is 4.79 Å². The van der Waals surface area contributed by atoms with Crippen LogP contribution in [0.25, 0.3) is 0 Å². The number of likely N-dealkylation sites (tertiary alicyclic amines) is 2. The fourth-order valence-electron chi connectivity index (χ4n) is 4.85. The lowest BCUT2D eigenvalue weighted by molar-refractivity contribution is -0.138. The molecule has 1 atom stereocenters. The number of carbonyl (C=O) groups excluding carboxylic acids is 1. The molecule has 2 aliphatic heterocycles. The summed E-state index contributed by atoms with van der Waals surface area (Å²) in [4.78, 5) is 17.8. The quantitative estimate of drug-likeness (QED) is 0.762. The summed E-state index contributed by atoms with van der Waals surface area (Å²) in [5.74, 6) is 1.20. The van der Waals surface area contributed by atoms with Crippen LogP contribution >= 0.6 is 0 Å². The van der Waals surface area contributed by atoms with Crippen LogP contribution < -0.4 is 10.5 Å². The predicted octanol–water partition coefficient (Wildman–Crippen LogP) is 3.60. The van der Waals surface area contributed by atoms with Crippen LogP contribution in [-0.2, 0) is 11.3 Å². The summed E-state index contributed by atoms with van der Waals surface area (Å²) >= 11 is 0. The van der Waals surface area contributed by atoms with Gasteiger partial charge in [-0.2, -0.15) is 0 Å². The Morgan fingerprint density at radius 3 is 2.33 bits per heavy atom. The van der Waals surface area contributed by atoms with E-state index in [9.17, 15) is 4.79 Å². The minimum Gasteiger partial charge on any atom is -0.497 e. The first-order chi connectivity index (χ1) is 14.6. The van der Waals surface area contributed by atoms with Crippen LogP contribution in [0.5, 0.6) is 5.75 Å². The number of nitrogens with two attached hydrogens (primary N) is 1. The monoisotopic (exact) mass is 407 g/mol. The third kappa shape index (κ3) is 4.52. The highest BCUT2D eigenvalue weighted by molar-refractivity contribution is 5.85. The van der Waals surface area contributed by atoms with E-state index in [-0.39, 0.29) is 11.5 Å². The van der Waals surface area contributed by atoms with Crippen molar-refractivity contribution < 1.29 is 9.53 Å². The van der Waals surface area contributed by atoms with Crippen LogP contribution in [0.2, 0.25) is 0 Å². The van der Waals surface area contributed by atoms with Gasteiger partial charge in [0.05, 0.1) is 12.5 Å². The highest BCUT2D eigenvalue weighted by Crippen LogP contribution is 2.42. The Morgan fingerprint density at radius 1 is 1.00 bits per heavy atom. The number of rotatable bonds is 7. The second kappa shape index (κ2) is 9.19. The Labute approximate surface area is 179 Å². The van der Waals surface area contributed by atoms with E-state index >= 15 is 0 Å². The lowest BCUT2D eigenvalue weighted by atomic mass is 9.77. The standard InChI is InChI=1S/C25H33N3O2/c1-30-22-9-7-20(8-10-22)19-28-18-14-25(24(28)29)12-16-27(17-13-25)15-11-23(26)21-5-3-2-4-6-21/h2-10,23H,11-19,26H2,1H3. The second-order valence-corrected chi connectivity index (χ2v) is 8.75. The summed E-state index contributed by atoms with van der Waals surface area (Å²) in [5, 5.41) is 0. The molecule has 2 saturated heterocycles. The van der Waals surface area contributed by atoms with E-state index in [0.717, 1.165) is 63.2 Å². The molecule has 0 bridgehead atoms. The number of hydrogen-bond acceptors (Lipinski definition) is 4. The number of nitrogens with zero attached hydrogens (tertiary/aromatic N) is 2. The molecule has 2 aromatic rings. The van der Waals surface area contributed by atoms with Gasteiger partial charge < -0.3 is 20.3 Å². The molecule has 5 heteroatoms. The topological polar surface area (TPSA) is 58.8 Å². The average Bonchev–Trinajstić information content (AvgIpc) is 3.09. The second-order valence-electron chi connectivity index (χ2n) is 8.75. The number of amides is 1. The molecule has 4 rings (SSSR count). The summed E-state index contributed by atoms with van der Waals surface area (Å²) < 4.78 is 5.23. The Morgan fingerprint density at radius 2 is 1.67 bits per heavy atom. The number of piperidine rings is 1. The Hall–Kier alpha value is -2.37. The Kier molecular flexibility index (Phi) is 6.40. The summed E-state index contributed by atoms with van der Waals surface area (Å²) in [7, 11) is 1.67. The van der Waals surface area contributed by atoms with E-state index in [1.807, 2.05) is 35.2 Å². The Balaban J connectivity index is 1.27. The molecule has 1 spiro atoms. The number of ether oxygens (including phenoxy) is 1.